The maximum Gasteiger partial charge on any atom is 0.385 e. The van der Waals surface area contributed by atoms with E-state index in [0.717, 1.165) is 16.3 Å². The number of hydrogen-bond donors (Lipinski definition) is 0. The van der Waals surface area contributed by atoms with Gasteiger partial charge in [0, 0.05) is 11.3 Å². The van der Waals surface area contributed by atoms with Gasteiger partial charge in [-0.05, 0) is 16.3 Å². The van der Waals surface area contributed by atoms with Crippen LogP contribution in [0.5, 0.6) is 0 Å². The molecule has 2 aromatic carbocycles. The summed E-state index contributed by atoms with van der Waals surface area (Å²) in [6, 6.07) is 13.5. The predicted octanol–water partition coefficient (Wildman–Crippen LogP) is 2.52. The molecule has 5 nitrogen and oxygen atoms in total. The Hall–Kier alpha value is -2.43. The van der Waals surface area contributed by atoms with Gasteiger partial charge in [-0.15, -0.1) is 0 Å². The number of carbonyl (C=O) groups excluding carboxylic acids is 1. The largest absolute Gasteiger partial charge is 0.464 e. The Morgan fingerprint density at radius 2 is 2.00 bits per heavy atom. The van der Waals surface area contributed by atoms with Gasteiger partial charge in [0.15, 0.2) is 0 Å². The average Bonchev–Trinajstić information content (AvgIpc) is 3.23. The third-order valence-electron chi connectivity index (χ3n) is 3.97. The molecule has 5 heteroatoms. The molecule has 2 atom stereocenters. The Balaban J connectivity index is 2.01. The number of nitrogens with zero attached hydrogens (tertiary/aromatic N) is 1. The fourth-order valence-electron chi connectivity index (χ4n) is 2.75. The molecule has 0 bridgehead atoms. The van der Waals surface area contributed by atoms with E-state index in [1.54, 1.807) is 0 Å². The number of methoxy groups -OCH3 is 1. The SMILES string of the molecule is COC(=O)[C@]1([N+](=O)[O-])C[C@H]1c1ccc2ccccc2c1. The highest BCUT2D eigenvalue weighted by molar-refractivity contribution is 5.87. The second-order valence-electron chi connectivity index (χ2n) is 5.04. The molecule has 1 aliphatic rings. The van der Waals surface area contributed by atoms with Gasteiger partial charge in [-0.2, -0.15) is 0 Å². The number of hydrogen-bond acceptors (Lipinski definition) is 4. The number of ether oxygens (including phenoxy) is 1. The van der Waals surface area contributed by atoms with Gasteiger partial charge >= 0.3 is 11.5 Å². The van der Waals surface area contributed by atoms with Crippen LogP contribution >= 0.6 is 0 Å². The highest BCUT2D eigenvalue weighted by Crippen LogP contribution is 2.54. The zero-order chi connectivity index (χ0) is 14.3. The fraction of sp³-hybridized carbons (Fsp3) is 0.267. The van der Waals surface area contributed by atoms with Crippen molar-refractivity contribution in [3.63, 3.8) is 0 Å². The smallest absolute Gasteiger partial charge is 0.385 e. The molecule has 0 N–H and O–H groups in total. The van der Waals surface area contributed by atoms with Gasteiger partial charge in [0.2, 0.25) is 0 Å². The van der Waals surface area contributed by atoms with Crippen LogP contribution in [0.15, 0.2) is 42.5 Å². The zero-order valence-electron chi connectivity index (χ0n) is 10.9. The third kappa shape index (κ3) is 1.66. The molecule has 0 aliphatic heterocycles. The number of benzene rings is 2. The van der Waals surface area contributed by atoms with Crippen molar-refractivity contribution in [3.05, 3.63) is 58.1 Å². The van der Waals surface area contributed by atoms with Crippen molar-refractivity contribution in [2.24, 2.45) is 0 Å². The molecule has 102 valence electrons. The zero-order valence-corrected chi connectivity index (χ0v) is 10.9. The highest BCUT2D eigenvalue weighted by atomic mass is 16.6. The molecular weight excluding hydrogens is 258 g/mol. The van der Waals surface area contributed by atoms with Gasteiger partial charge in [-0.1, -0.05) is 42.5 Å². The van der Waals surface area contributed by atoms with Gasteiger partial charge in [0.1, 0.15) is 0 Å². The lowest BCUT2D eigenvalue weighted by molar-refractivity contribution is -0.526. The van der Waals surface area contributed by atoms with E-state index in [0.29, 0.717) is 0 Å². The van der Waals surface area contributed by atoms with Crippen LogP contribution in [0.1, 0.15) is 17.9 Å². The van der Waals surface area contributed by atoms with Crippen LogP contribution in [-0.4, -0.2) is 23.5 Å². The first-order valence-corrected chi connectivity index (χ1v) is 6.31. The van der Waals surface area contributed by atoms with Crippen LogP contribution in [0.3, 0.4) is 0 Å². The van der Waals surface area contributed by atoms with Crippen molar-refractivity contribution >= 4 is 16.7 Å². The van der Waals surface area contributed by atoms with Crippen molar-refractivity contribution in [1.29, 1.82) is 0 Å². The summed E-state index contributed by atoms with van der Waals surface area (Å²) in [6.07, 6.45) is 0.199. The van der Waals surface area contributed by atoms with E-state index >= 15 is 0 Å². The van der Waals surface area contributed by atoms with Crippen molar-refractivity contribution in [1.82, 2.24) is 0 Å². The number of fused-ring (bicyclic) bond motifs is 1. The second kappa shape index (κ2) is 4.30. The average molecular weight is 271 g/mol. The summed E-state index contributed by atoms with van der Waals surface area (Å²) in [5.74, 6) is -1.17. The lowest BCUT2D eigenvalue weighted by Crippen LogP contribution is -2.34. The molecule has 2 aromatic rings. The van der Waals surface area contributed by atoms with Gasteiger partial charge in [0.05, 0.1) is 13.0 Å². The van der Waals surface area contributed by atoms with E-state index in [4.69, 9.17) is 0 Å². The van der Waals surface area contributed by atoms with Gasteiger partial charge in [0.25, 0.3) is 0 Å². The molecule has 0 aromatic heterocycles. The van der Waals surface area contributed by atoms with Gasteiger partial charge in [-0.3, -0.25) is 10.1 Å². The molecule has 0 unspecified atom stereocenters. The number of esters is 1. The Bertz CT molecular complexity index is 712. The highest BCUT2D eigenvalue weighted by Gasteiger charge is 2.73. The van der Waals surface area contributed by atoms with E-state index in [-0.39, 0.29) is 6.42 Å². The summed E-state index contributed by atoms with van der Waals surface area (Å²) >= 11 is 0. The van der Waals surface area contributed by atoms with E-state index in [1.807, 2.05) is 42.5 Å². The second-order valence-corrected chi connectivity index (χ2v) is 5.04. The lowest BCUT2D eigenvalue weighted by Gasteiger charge is -2.08. The quantitative estimate of drug-likeness (QED) is 0.488. The maximum absolute atomic E-state index is 11.7. The summed E-state index contributed by atoms with van der Waals surface area (Å²) in [5.41, 5.74) is -0.789. The Morgan fingerprint density at radius 1 is 1.30 bits per heavy atom. The van der Waals surface area contributed by atoms with E-state index in [9.17, 15) is 14.9 Å². The monoisotopic (exact) mass is 271 g/mol. The van der Waals surface area contributed by atoms with Crippen molar-refractivity contribution in [2.75, 3.05) is 7.11 Å². The van der Waals surface area contributed by atoms with Crippen molar-refractivity contribution < 1.29 is 14.5 Å². The number of carbonyl (C=O) groups is 1. The van der Waals surface area contributed by atoms with Crippen molar-refractivity contribution in [2.45, 2.75) is 17.9 Å². The molecule has 0 amide bonds. The molecule has 0 spiro atoms. The minimum absolute atomic E-state index is 0.199. The van der Waals surface area contributed by atoms with Crippen molar-refractivity contribution in [3.8, 4) is 0 Å². The summed E-state index contributed by atoms with van der Waals surface area (Å²) < 4.78 is 4.60. The Kier molecular flexibility index (Phi) is 2.71. The normalized spacial score (nSPS) is 24.4. The van der Waals surface area contributed by atoms with Crippen LogP contribution in [0.25, 0.3) is 10.8 Å². The first-order valence-electron chi connectivity index (χ1n) is 6.31. The van der Waals surface area contributed by atoms with Crippen LogP contribution in [-0.2, 0) is 9.53 Å². The fourth-order valence-corrected chi connectivity index (χ4v) is 2.75. The van der Waals surface area contributed by atoms with Crippen LogP contribution in [0.4, 0.5) is 0 Å². The third-order valence-corrected chi connectivity index (χ3v) is 3.97. The summed E-state index contributed by atoms with van der Waals surface area (Å²) in [6.45, 7) is 0. The molecule has 0 saturated heterocycles. The number of rotatable bonds is 3. The molecule has 0 radical (unpaired) electrons. The van der Waals surface area contributed by atoms with Gasteiger partial charge < -0.3 is 4.74 Å². The Labute approximate surface area is 115 Å². The van der Waals surface area contributed by atoms with E-state index < -0.39 is 22.3 Å². The number of nitro groups is 1. The molecule has 1 fully saturated rings. The van der Waals surface area contributed by atoms with E-state index in [2.05, 4.69) is 4.74 Å². The van der Waals surface area contributed by atoms with Crippen LogP contribution < -0.4 is 0 Å². The molecule has 20 heavy (non-hydrogen) atoms. The maximum atomic E-state index is 11.7. The summed E-state index contributed by atoms with van der Waals surface area (Å²) in [4.78, 5) is 22.4. The minimum Gasteiger partial charge on any atom is -0.464 e. The summed E-state index contributed by atoms with van der Waals surface area (Å²) in [5, 5.41) is 13.3. The van der Waals surface area contributed by atoms with E-state index in [1.165, 1.54) is 7.11 Å². The first-order chi connectivity index (χ1) is 9.59. The topological polar surface area (TPSA) is 69.4 Å². The predicted molar refractivity (Wildman–Crippen MR) is 73.0 cm³/mol. The lowest BCUT2D eigenvalue weighted by atomic mass is 10.0. The first kappa shape index (κ1) is 12.6. The molecule has 1 aliphatic carbocycles. The van der Waals surface area contributed by atoms with Crippen LogP contribution in [0.2, 0.25) is 0 Å². The molecule has 1 saturated carbocycles. The standard InChI is InChI=1S/C15H13NO4/c1-20-14(17)15(16(18)19)9-13(15)12-7-6-10-4-2-3-5-11(10)8-12/h2-8,13H,9H2,1H3/t13-,15-/m0/s1. The Morgan fingerprint density at radius 3 is 2.65 bits per heavy atom. The minimum atomic E-state index is -1.60. The van der Waals surface area contributed by atoms with Gasteiger partial charge in [-0.25, -0.2) is 4.79 Å². The molecular formula is C15H13NO4. The molecule has 0 heterocycles. The summed E-state index contributed by atoms with van der Waals surface area (Å²) in [7, 11) is 1.18. The molecule has 3 rings (SSSR count). The van der Waals surface area contributed by atoms with Crippen LogP contribution in [0, 0.1) is 10.1 Å².